The summed E-state index contributed by atoms with van der Waals surface area (Å²) in [6, 6.07) is 3.74. The van der Waals surface area contributed by atoms with E-state index in [9.17, 15) is 5.11 Å². The standard InChI is InChI=1S/C16H24O2/c1-11(2)7-6-8-12(3)14-10-16(18-5)13(4)9-15(14)17/h7,9-10,12,17H,6,8H2,1-5H3. The van der Waals surface area contributed by atoms with E-state index in [-0.39, 0.29) is 0 Å². The molecule has 0 saturated heterocycles. The van der Waals surface area contributed by atoms with Gasteiger partial charge in [-0.3, -0.25) is 0 Å². The Bertz CT molecular complexity index is 429. The Labute approximate surface area is 110 Å². The monoisotopic (exact) mass is 248 g/mol. The highest BCUT2D eigenvalue weighted by Crippen LogP contribution is 2.34. The second kappa shape index (κ2) is 6.48. The molecule has 0 aliphatic rings. The fraction of sp³-hybridized carbons (Fsp3) is 0.500. The fourth-order valence-corrected chi connectivity index (χ4v) is 2.08. The number of phenolic OH excluding ortho intramolecular Hbond substituents is 1. The first-order chi connectivity index (χ1) is 8.45. The van der Waals surface area contributed by atoms with Crippen LogP contribution < -0.4 is 4.74 Å². The van der Waals surface area contributed by atoms with Crippen LogP contribution >= 0.6 is 0 Å². The second-order valence-electron chi connectivity index (χ2n) is 5.14. The first kappa shape index (κ1) is 14.6. The molecule has 1 rings (SSSR count). The zero-order valence-electron chi connectivity index (χ0n) is 12.1. The zero-order chi connectivity index (χ0) is 13.7. The van der Waals surface area contributed by atoms with Crippen molar-refractivity contribution >= 4 is 0 Å². The lowest BCUT2D eigenvalue weighted by atomic mass is 9.93. The number of hydrogen-bond acceptors (Lipinski definition) is 2. The normalized spacial score (nSPS) is 12.1. The van der Waals surface area contributed by atoms with Crippen molar-refractivity contribution in [1.82, 2.24) is 0 Å². The molecule has 0 fully saturated rings. The molecule has 1 unspecified atom stereocenters. The van der Waals surface area contributed by atoms with Crippen molar-refractivity contribution in [2.24, 2.45) is 0 Å². The predicted octanol–water partition coefficient (Wildman–Crippen LogP) is 4.56. The lowest BCUT2D eigenvalue weighted by molar-refractivity contribution is 0.406. The molecule has 0 radical (unpaired) electrons. The van der Waals surface area contributed by atoms with Crippen LogP contribution in [0.4, 0.5) is 0 Å². The van der Waals surface area contributed by atoms with Gasteiger partial charge in [0.05, 0.1) is 7.11 Å². The Hall–Kier alpha value is -1.44. The Kier molecular flexibility index (Phi) is 5.26. The largest absolute Gasteiger partial charge is 0.508 e. The van der Waals surface area contributed by atoms with Crippen LogP contribution in [0.25, 0.3) is 0 Å². The number of rotatable bonds is 5. The van der Waals surface area contributed by atoms with Crippen molar-refractivity contribution in [3.63, 3.8) is 0 Å². The Morgan fingerprint density at radius 1 is 1.39 bits per heavy atom. The average molecular weight is 248 g/mol. The molecule has 0 aliphatic carbocycles. The molecule has 100 valence electrons. The van der Waals surface area contributed by atoms with Crippen molar-refractivity contribution in [2.75, 3.05) is 7.11 Å². The molecule has 0 aromatic heterocycles. The van der Waals surface area contributed by atoms with E-state index in [4.69, 9.17) is 4.74 Å². The van der Waals surface area contributed by atoms with Crippen molar-refractivity contribution in [3.05, 3.63) is 34.9 Å². The Morgan fingerprint density at radius 3 is 2.61 bits per heavy atom. The smallest absolute Gasteiger partial charge is 0.122 e. The van der Waals surface area contributed by atoms with E-state index < -0.39 is 0 Å². The van der Waals surface area contributed by atoms with Gasteiger partial charge in [0.25, 0.3) is 0 Å². The number of aromatic hydroxyl groups is 1. The van der Waals surface area contributed by atoms with E-state index in [2.05, 4.69) is 26.8 Å². The summed E-state index contributed by atoms with van der Waals surface area (Å²) < 4.78 is 5.31. The first-order valence-corrected chi connectivity index (χ1v) is 6.46. The molecule has 0 aliphatic heterocycles. The van der Waals surface area contributed by atoms with Gasteiger partial charge in [-0.05, 0) is 57.2 Å². The molecule has 2 nitrogen and oxygen atoms in total. The van der Waals surface area contributed by atoms with E-state index in [1.807, 2.05) is 13.0 Å². The second-order valence-corrected chi connectivity index (χ2v) is 5.14. The number of benzene rings is 1. The summed E-state index contributed by atoms with van der Waals surface area (Å²) in [5, 5.41) is 10.0. The molecular formula is C16H24O2. The minimum Gasteiger partial charge on any atom is -0.508 e. The lowest BCUT2D eigenvalue weighted by Gasteiger charge is -2.15. The Morgan fingerprint density at radius 2 is 2.06 bits per heavy atom. The maximum absolute atomic E-state index is 10.0. The van der Waals surface area contributed by atoms with Crippen LogP contribution in [-0.2, 0) is 0 Å². The Balaban J connectivity index is 2.85. The summed E-state index contributed by atoms with van der Waals surface area (Å²) in [5.74, 6) is 1.55. The van der Waals surface area contributed by atoms with Crippen LogP contribution in [0.5, 0.6) is 11.5 Å². The van der Waals surface area contributed by atoms with Gasteiger partial charge in [0.1, 0.15) is 11.5 Å². The van der Waals surface area contributed by atoms with Gasteiger partial charge in [0.2, 0.25) is 0 Å². The third-order valence-electron chi connectivity index (χ3n) is 3.23. The molecule has 1 atom stereocenters. The lowest BCUT2D eigenvalue weighted by Crippen LogP contribution is -1.97. The van der Waals surface area contributed by atoms with Gasteiger partial charge >= 0.3 is 0 Å². The number of phenols is 1. The number of ether oxygens (including phenoxy) is 1. The van der Waals surface area contributed by atoms with E-state index >= 15 is 0 Å². The number of aryl methyl sites for hydroxylation is 1. The minimum atomic E-state index is 0.329. The maximum atomic E-state index is 10.0. The maximum Gasteiger partial charge on any atom is 0.122 e. The molecule has 18 heavy (non-hydrogen) atoms. The van der Waals surface area contributed by atoms with E-state index in [1.54, 1.807) is 13.2 Å². The van der Waals surface area contributed by atoms with E-state index in [1.165, 1.54) is 5.57 Å². The quantitative estimate of drug-likeness (QED) is 0.774. The van der Waals surface area contributed by atoms with Gasteiger partial charge < -0.3 is 9.84 Å². The zero-order valence-corrected chi connectivity index (χ0v) is 12.1. The fourth-order valence-electron chi connectivity index (χ4n) is 2.08. The van der Waals surface area contributed by atoms with E-state index in [0.717, 1.165) is 29.7 Å². The summed E-state index contributed by atoms with van der Waals surface area (Å²) in [5.41, 5.74) is 3.28. The van der Waals surface area contributed by atoms with Crippen LogP contribution in [0.15, 0.2) is 23.8 Å². The van der Waals surface area contributed by atoms with Crippen molar-refractivity contribution in [2.45, 2.75) is 46.5 Å². The van der Waals surface area contributed by atoms with Crippen LogP contribution in [-0.4, -0.2) is 12.2 Å². The number of hydrogen-bond donors (Lipinski definition) is 1. The SMILES string of the molecule is COc1cc(C(C)CCC=C(C)C)c(O)cc1C. The van der Waals surface area contributed by atoms with Gasteiger partial charge in [-0.1, -0.05) is 18.6 Å². The third kappa shape index (κ3) is 3.80. The molecular weight excluding hydrogens is 224 g/mol. The molecule has 0 bridgehead atoms. The van der Waals surface area contributed by atoms with Gasteiger partial charge in [-0.25, -0.2) is 0 Å². The predicted molar refractivity (Wildman–Crippen MR) is 76.5 cm³/mol. The molecule has 1 aromatic carbocycles. The topological polar surface area (TPSA) is 29.5 Å². The van der Waals surface area contributed by atoms with Crippen LogP contribution in [0, 0.1) is 6.92 Å². The van der Waals surface area contributed by atoms with Gasteiger partial charge in [-0.2, -0.15) is 0 Å². The van der Waals surface area contributed by atoms with Crippen LogP contribution in [0.3, 0.4) is 0 Å². The van der Waals surface area contributed by atoms with Gasteiger partial charge in [0, 0.05) is 5.56 Å². The highest BCUT2D eigenvalue weighted by molar-refractivity contribution is 5.46. The van der Waals surface area contributed by atoms with Crippen LogP contribution in [0.1, 0.15) is 50.7 Å². The van der Waals surface area contributed by atoms with Gasteiger partial charge in [0.15, 0.2) is 0 Å². The molecule has 0 amide bonds. The van der Waals surface area contributed by atoms with Crippen molar-refractivity contribution < 1.29 is 9.84 Å². The van der Waals surface area contributed by atoms with E-state index in [0.29, 0.717) is 11.7 Å². The molecule has 2 heteroatoms. The summed E-state index contributed by atoms with van der Waals surface area (Å²) in [4.78, 5) is 0. The summed E-state index contributed by atoms with van der Waals surface area (Å²) in [6.45, 7) is 8.30. The molecule has 0 heterocycles. The summed E-state index contributed by atoms with van der Waals surface area (Å²) >= 11 is 0. The number of methoxy groups -OCH3 is 1. The van der Waals surface area contributed by atoms with Crippen molar-refractivity contribution in [3.8, 4) is 11.5 Å². The average Bonchev–Trinajstić information content (AvgIpc) is 2.28. The molecule has 0 saturated carbocycles. The summed E-state index contributed by atoms with van der Waals surface area (Å²) in [7, 11) is 1.66. The minimum absolute atomic E-state index is 0.329. The summed E-state index contributed by atoms with van der Waals surface area (Å²) in [6.07, 6.45) is 4.31. The van der Waals surface area contributed by atoms with Gasteiger partial charge in [-0.15, -0.1) is 0 Å². The highest BCUT2D eigenvalue weighted by atomic mass is 16.5. The molecule has 0 spiro atoms. The third-order valence-corrected chi connectivity index (χ3v) is 3.23. The van der Waals surface area contributed by atoms with Crippen LogP contribution in [0.2, 0.25) is 0 Å². The molecule has 1 N–H and O–H groups in total. The van der Waals surface area contributed by atoms with Crippen molar-refractivity contribution in [1.29, 1.82) is 0 Å². The highest BCUT2D eigenvalue weighted by Gasteiger charge is 2.13. The first-order valence-electron chi connectivity index (χ1n) is 6.46. The number of allylic oxidation sites excluding steroid dienone is 2. The molecule has 1 aromatic rings.